The van der Waals surface area contributed by atoms with Crippen molar-refractivity contribution in [3.63, 3.8) is 0 Å². The van der Waals surface area contributed by atoms with Gasteiger partial charge in [-0.25, -0.2) is 4.90 Å². The van der Waals surface area contributed by atoms with E-state index in [2.05, 4.69) is 5.32 Å². The van der Waals surface area contributed by atoms with Gasteiger partial charge in [-0.1, -0.05) is 54.1 Å². The lowest BCUT2D eigenvalue weighted by molar-refractivity contribution is -0.120. The van der Waals surface area contributed by atoms with Crippen LogP contribution in [0.3, 0.4) is 0 Å². The zero-order chi connectivity index (χ0) is 22.1. The molecule has 0 bridgehead atoms. The van der Waals surface area contributed by atoms with Crippen LogP contribution in [0.4, 0.5) is 17.1 Å². The minimum atomic E-state index is -0.406. The molecular formula is C25H22ClN3O2. The maximum atomic E-state index is 13.5. The van der Waals surface area contributed by atoms with Gasteiger partial charge in [0.05, 0.1) is 11.3 Å². The van der Waals surface area contributed by atoms with E-state index in [0.717, 1.165) is 11.3 Å². The summed E-state index contributed by atoms with van der Waals surface area (Å²) in [7, 11) is 3.82. The highest BCUT2D eigenvalue weighted by molar-refractivity contribution is 6.46. The highest BCUT2D eigenvalue weighted by Gasteiger charge is 2.40. The molecule has 0 saturated carbocycles. The first-order valence-corrected chi connectivity index (χ1v) is 10.2. The van der Waals surface area contributed by atoms with Crippen molar-refractivity contribution in [2.75, 3.05) is 29.2 Å². The largest absolute Gasteiger partial charge is 0.378 e. The van der Waals surface area contributed by atoms with Crippen LogP contribution in [0.5, 0.6) is 0 Å². The number of hydrogen-bond acceptors (Lipinski definition) is 4. The van der Waals surface area contributed by atoms with Gasteiger partial charge in [-0.3, -0.25) is 9.59 Å². The molecular weight excluding hydrogens is 410 g/mol. The van der Waals surface area contributed by atoms with Crippen molar-refractivity contribution in [1.82, 2.24) is 0 Å². The van der Waals surface area contributed by atoms with Gasteiger partial charge in [0.15, 0.2) is 0 Å². The molecule has 31 heavy (non-hydrogen) atoms. The Hall–Kier alpha value is -3.57. The molecule has 0 spiro atoms. The van der Waals surface area contributed by atoms with Gasteiger partial charge in [-0.05, 0) is 48.4 Å². The van der Waals surface area contributed by atoms with E-state index >= 15 is 0 Å². The third-order valence-corrected chi connectivity index (χ3v) is 5.60. The van der Waals surface area contributed by atoms with Crippen LogP contribution in [-0.2, 0) is 9.59 Å². The molecule has 0 unspecified atom stereocenters. The summed E-state index contributed by atoms with van der Waals surface area (Å²) in [5.74, 6) is -0.774. The number of halogens is 1. The van der Waals surface area contributed by atoms with E-state index in [-0.39, 0.29) is 11.6 Å². The summed E-state index contributed by atoms with van der Waals surface area (Å²) in [5.41, 5.74) is 4.22. The third kappa shape index (κ3) is 3.92. The van der Waals surface area contributed by atoms with Crippen LogP contribution in [0, 0.1) is 6.92 Å². The van der Waals surface area contributed by atoms with E-state index in [9.17, 15) is 9.59 Å². The van der Waals surface area contributed by atoms with Crippen LogP contribution in [0.2, 0.25) is 5.02 Å². The van der Waals surface area contributed by atoms with E-state index < -0.39 is 5.91 Å². The summed E-state index contributed by atoms with van der Waals surface area (Å²) in [4.78, 5) is 30.1. The fourth-order valence-corrected chi connectivity index (χ4v) is 3.66. The predicted octanol–water partition coefficient (Wildman–Crippen LogP) is 5.11. The maximum absolute atomic E-state index is 13.5. The fourth-order valence-electron chi connectivity index (χ4n) is 3.48. The van der Waals surface area contributed by atoms with E-state index in [1.807, 2.05) is 86.6 Å². The normalized spacial score (nSPS) is 13.7. The minimum absolute atomic E-state index is 0.228. The van der Waals surface area contributed by atoms with Crippen molar-refractivity contribution in [2.45, 2.75) is 6.92 Å². The number of rotatable bonds is 5. The predicted molar refractivity (Wildman–Crippen MR) is 126 cm³/mol. The number of amides is 2. The molecule has 4 rings (SSSR count). The molecule has 5 nitrogen and oxygen atoms in total. The second-order valence-electron chi connectivity index (χ2n) is 7.56. The highest BCUT2D eigenvalue weighted by Crippen LogP contribution is 2.35. The van der Waals surface area contributed by atoms with Crippen LogP contribution in [0.15, 0.2) is 78.5 Å². The quantitative estimate of drug-likeness (QED) is 0.570. The van der Waals surface area contributed by atoms with E-state index in [4.69, 9.17) is 11.6 Å². The fraction of sp³-hybridized carbons (Fsp3) is 0.120. The van der Waals surface area contributed by atoms with Gasteiger partial charge in [-0.15, -0.1) is 0 Å². The monoisotopic (exact) mass is 431 g/mol. The molecule has 2 amide bonds. The zero-order valence-electron chi connectivity index (χ0n) is 17.5. The van der Waals surface area contributed by atoms with Gasteiger partial charge < -0.3 is 10.2 Å². The van der Waals surface area contributed by atoms with Crippen molar-refractivity contribution in [3.05, 3.63) is 94.6 Å². The van der Waals surface area contributed by atoms with Crippen molar-refractivity contribution >= 4 is 46.1 Å². The van der Waals surface area contributed by atoms with Crippen molar-refractivity contribution in [3.8, 4) is 0 Å². The number of carbonyl (C=O) groups excluding carboxylic acids is 2. The summed E-state index contributed by atoms with van der Waals surface area (Å²) in [6.07, 6.45) is 0. The summed E-state index contributed by atoms with van der Waals surface area (Å²) in [5, 5.41) is 3.73. The first-order valence-electron chi connectivity index (χ1n) is 9.86. The molecule has 0 atom stereocenters. The molecule has 1 heterocycles. The molecule has 3 aromatic rings. The second kappa shape index (κ2) is 8.28. The summed E-state index contributed by atoms with van der Waals surface area (Å²) >= 11 is 6.27. The molecule has 1 N–H and O–H groups in total. The second-order valence-corrected chi connectivity index (χ2v) is 7.97. The summed E-state index contributed by atoms with van der Waals surface area (Å²) < 4.78 is 0. The Morgan fingerprint density at radius 2 is 1.61 bits per heavy atom. The summed E-state index contributed by atoms with van der Waals surface area (Å²) in [6.45, 7) is 1.91. The molecule has 6 heteroatoms. The van der Waals surface area contributed by atoms with Gasteiger partial charge in [0, 0.05) is 30.5 Å². The van der Waals surface area contributed by atoms with E-state index in [0.29, 0.717) is 27.5 Å². The minimum Gasteiger partial charge on any atom is -0.378 e. The van der Waals surface area contributed by atoms with Crippen LogP contribution >= 0.6 is 11.6 Å². The molecule has 0 fully saturated rings. The topological polar surface area (TPSA) is 52.7 Å². The highest BCUT2D eigenvalue weighted by atomic mass is 35.5. The molecule has 156 valence electrons. The first-order chi connectivity index (χ1) is 14.9. The number of hydrogen-bond donors (Lipinski definition) is 1. The van der Waals surface area contributed by atoms with Gasteiger partial charge in [0.1, 0.15) is 5.70 Å². The van der Waals surface area contributed by atoms with Crippen LogP contribution in [0.1, 0.15) is 11.1 Å². The van der Waals surface area contributed by atoms with E-state index in [1.165, 1.54) is 4.90 Å². The molecule has 1 aliphatic heterocycles. The van der Waals surface area contributed by atoms with Crippen molar-refractivity contribution in [1.29, 1.82) is 0 Å². The lowest BCUT2D eigenvalue weighted by Crippen LogP contribution is -2.32. The van der Waals surface area contributed by atoms with Crippen LogP contribution < -0.4 is 15.1 Å². The average Bonchev–Trinajstić information content (AvgIpc) is 3.01. The van der Waals surface area contributed by atoms with Crippen LogP contribution in [0.25, 0.3) is 5.57 Å². The summed E-state index contributed by atoms with van der Waals surface area (Å²) in [6, 6.07) is 22.0. The van der Waals surface area contributed by atoms with Crippen LogP contribution in [-0.4, -0.2) is 25.9 Å². The van der Waals surface area contributed by atoms with Crippen molar-refractivity contribution in [2.24, 2.45) is 0 Å². The Morgan fingerprint density at radius 3 is 2.29 bits per heavy atom. The first kappa shape index (κ1) is 20.7. The number of anilines is 3. The van der Waals surface area contributed by atoms with Crippen molar-refractivity contribution < 1.29 is 9.59 Å². The average molecular weight is 432 g/mol. The van der Waals surface area contributed by atoms with Gasteiger partial charge in [0.2, 0.25) is 0 Å². The standard InChI is InChI=1S/C25H22ClN3O2/c1-16-12-13-18(14-21(16)26)27-23-22(17-8-5-4-6-9-17)24(30)29(25(23)31)20-11-7-10-19(15-20)28(2)3/h4-15,27H,1-3H3. The van der Waals surface area contributed by atoms with E-state index in [1.54, 1.807) is 12.1 Å². The number of imide groups is 1. The molecule has 0 radical (unpaired) electrons. The zero-order valence-corrected chi connectivity index (χ0v) is 18.3. The smallest absolute Gasteiger partial charge is 0.282 e. The van der Waals surface area contributed by atoms with Gasteiger partial charge in [0.25, 0.3) is 11.8 Å². The lowest BCUT2D eigenvalue weighted by Gasteiger charge is -2.19. The maximum Gasteiger partial charge on any atom is 0.282 e. The Morgan fingerprint density at radius 1 is 0.871 bits per heavy atom. The molecule has 0 aromatic heterocycles. The number of aryl methyl sites for hydroxylation is 1. The molecule has 0 saturated heterocycles. The van der Waals surface area contributed by atoms with Gasteiger partial charge in [-0.2, -0.15) is 0 Å². The number of nitrogens with zero attached hydrogens (tertiary/aromatic N) is 2. The Balaban J connectivity index is 1.81. The number of benzene rings is 3. The Kier molecular flexibility index (Phi) is 5.53. The molecule has 1 aliphatic rings. The number of carbonyl (C=O) groups is 2. The Bertz CT molecular complexity index is 1200. The molecule has 3 aromatic carbocycles. The SMILES string of the molecule is Cc1ccc(NC2=C(c3ccccc3)C(=O)N(c3cccc(N(C)C)c3)C2=O)cc1Cl. The lowest BCUT2D eigenvalue weighted by atomic mass is 10.0. The number of nitrogens with one attached hydrogen (secondary N) is 1. The molecule has 0 aliphatic carbocycles. The Labute approximate surface area is 186 Å². The van der Waals surface area contributed by atoms with Gasteiger partial charge >= 0.3 is 0 Å². The third-order valence-electron chi connectivity index (χ3n) is 5.19.